The molecule has 0 aliphatic carbocycles. The van der Waals surface area contributed by atoms with Crippen molar-refractivity contribution in [1.29, 1.82) is 0 Å². The van der Waals surface area contributed by atoms with Crippen LogP contribution in [-0.4, -0.2) is 12.4 Å². The summed E-state index contributed by atoms with van der Waals surface area (Å²) < 4.78 is 5.72. The Labute approximate surface area is 146 Å². The Kier molecular flexibility index (Phi) is 4.97. The number of ketones is 1. The molecule has 0 heterocycles. The number of rotatable bonds is 5. The topological polar surface area (TPSA) is 26.3 Å². The summed E-state index contributed by atoms with van der Waals surface area (Å²) in [6.07, 6.45) is 3.38. The summed E-state index contributed by atoms with van der Waals surface area (Å²) >= 11 is 5.95. The molecule has 3 aromatic carbocycles. The molecule has 0 aromatic heterocycles. The van der Waals surface area contributed by atoms with E-state index in [1.807, 2.05) is 49.4 Å². The highest BCUT2D eigenvalue weighted by Gasteiger charge is 2.07. The van der Waals surface area contributed by atoms with E-state index >= 15 is 0 Å². The van der Waals surface area contributed by atoms with Crippen LogP contribution in [0.2, 0.25) is 5.02 Å². The van der Waals surface area contributed by atoms with Crippen molar-refractivity contribution in [3.8, 4) is 5.75 Å². The SMILES string of the molecule is CCOc1ccc2ccccc2c1/C=C/C(=O)c1cccc(Cl)c1. The highest BCUT2D eigenvalue weighted by Crippen LogP contribution is 2.29. The molecule has 0 bridgehead atoms. The Morgan fingerprint density at radius 3 is 2.71 bits per heavy atom. The van der Waals surface area contributed by atoms with E-state index in [1.165, 1.54) is 0 Å². The minimum atomic E-state index is -0.0899. The zero-order chi connectivity index (χ0) is 16.9. The Morgan fingerprint density at radius 1 is 1.08 bits per heavy atom. The number of allylic oxidation sites excluding steroid dienone is 1. The van der Waals surface area contributed by atoms with Crippen LogP contribution in [0.25, 0.3) is 16.8 Å². The number of hydrogen-bond acceptors (Lipinski definition) is 2. The second kappa shape index (κ2) is 7.33. The van der Waals surface area contributed by atoms with Gasteiger partial charge in [0.25, 0.3) is 0 Å². The molecule has 24 heavy (non-hydrogen) atoms. The van der Waals surface area contributed by atoms with Gasteiger partial charge in [-0.05, 0) is 48.0 Å². The maximum absolute atomic E-state index is 12.4. The predicted octanol–water partition coefficient (Wildman–Crippen LogP) is 5.79. The van der Waals surface area contributed by atoms with Crippen LogP contribution >= 0.6 is 11.6 Å². The van der Waals surface area contributed by atoms with Gasteiger partial charge in [-0.2, -0.15) is 0 Å². The van der Waals surface area contributed by atoms with Gasteiger partial charge < -0.3 is 4.74 Å². The summed E-state index contributed by atoms with van der Waals surface area (Å²) in [5, 5.41) is 2.71. The van der Waals surface area contributed by atoms with E-state index in [2.05, 4.69) is 0 Å². The Bertz CT molecular complexity index is 913. The average Bonchev–Trinajstić information content (AvgIpc) is 2.60. The maximum atomic E-state index is 12.4. The van der Waals surface area contributed by atoms with Crippen LogP contribution in [0, 0.1) is 0 Å². The molecule has 0 aliphatic heterocycles. The molecule has 0 saturated carbocycles. The van der Waals surface area contributed by atoms with E-state index < -0.39 is 0 Å². The zero-order valence-electron chi connectivity index (χ0n) is 13.3. The lowest BCUT2D eigenvalue weighted by Gasteiger charge is -2.10. The number of hydrogen-bond donors (Lipinski definition) is 0. The van der Waals surface area contributed by atoms with Crippen molar-refractivity contribution < 1.29 is 9.53 Å². The normalized spacial score (nSPS) is 11.1. The third-order valence-corrected chi connectivity index (χ3v) is 3.98. The summed E-state index contributed by atoms with van der Waals surface area (Å²) in [6, 6.07) is 19.0. The minimum absolute atomic E-state index is 0.0899. The van der Waals surface area contributed by atoms with Gasteiger partial charge in [0.2, 0.25) is 0 Å². The van der Waals surface area contributed by atoms with Gasteiger partial charge in [-0.1, -0.05) is 54.1 Å². The molecule has 3 aromatic rings. The van der Waals surface area contributed by atoms with Crippen LogP contribution in [0.15, 0.2) is 66.7 Å². The van der Waals surface area contributed by atoms with E-state index in [9.17, 15) is 4.79 Å². The lowest BCUT2D eigenvalue weighted by atomic mass is 10.0. The molecule has 0 aliphatic rings. The van der Waals surface area contributed by atoms with Crippen LogP contribution in [0.5, 0.6) is 5.75 Å². The number of halogens is 1. The molecule has 2 nitrogen and oxygen atoms in total. The first kappa shape index (κ1) is 16.3. The first-order chi connectivity index (χ1) is 11.7. The predicted molar refractivity (Wildman–Crippen MR) is 99.9 cm³/mol. The van der Waals surface area contributed by atoms with Crippen molar-refractivity contribution in [2.75, 3.05) is 6.61 Å². The van der Waals surface area contributed by atoms with Gasteiger partial charge in [-0.25, -0.2) is 0 Å². The zero-order valence-corrected chi connectivity index (χ0v) is 14.1. The molecule has 3 heteroatoms. The molecule has 0 fully saturated rings. The van der Waals surface area contributed by atoms with Crippen LogP contribution in [0.3, 0.4) is 0 Å². The van der Waals surface area contributed by atoms with Crippen LogP contribution < -0.4 is 4.74 Å². The Morgan fingerprint density at radius 2 is 1.92 bits per heavy atom. The van der Waals surface area contributed by atoms with Gasteiger partial charge >= 0.3 is 0 Å². The summed E-state index contributed by atoms with van der Waals surface area (Å²) in [5.74, 6) is 0.680. The van der Waals surface area contributed by atoms with Crippen molar-refractivity contribution in [3.05, 3.63) is 82.9 Å². The van der Waals surface area contributed by atoms with Gasteiger partial charge in [0.1, 0.15) is 5.75 Å². The van der Waals surface area contributed by atoms with Crippen molar-refractivity contribution >= 4 is 34.2 Å². The van der Waals surface area contributed by atoms with E-state index in [4.69, 9.17) is 16.3 Å². The van der Waals surface area contributed by atoms with E-state index in [1.54, 1.807) is 30.3 Å². The molecule has 3 rings (SSSR count). The second-order valence-corrected chi connectivity index (χ2v) is 5.78. The quantitative estimate of drug-likeness (QED) is 0.435. The van der Waals surface area contributed by atoms with Crippen molar-refractivity contribution in [2.24, 2.45) is 0 Å². The molecule has 0 unspecified atom stereocenters. The second-order valence-electron chi connectivity index (χ2n) is 5.34. The summed E-state index contributed by atoms with van der Waals surface area (Å²) in [4.78, 5) is 12.4. The molecular weight excluding hydrogens is 320 g/mol. The molecule has 0 atom stereocenters. The van der Waals surface area contributed by atoms with Crippen LogP contribution in [0.1, 0.15) is 22.8 Å². The van der Waals surface area contributed by atoms with Crippen molar-refractivity contribution in [1.82, 2.24) is 0 Å². The van der Waals surface area contributed by atoms with Gasteiger partial charge in [-0.15, -0.1) is 0 Å². The fourth-order valence-electron chi connectivity index (χ4n) is 2.63. The minimum Gasteiger partial charge on any atom is -0.493 e. The Balaban J connectivity index is 2.01. The smallest absolute Gasteiger partial charge is 0.185 e. The maximum Gasteiger partial charge on any atom is 0.185 e. The number of carbonyl (C=O) groups excluding carboxylic acids is 1. The summed E-state index contributed by atoms with van der Waals surface area (Å²) in [6.45, 7) is 2.52. The van der Waals surface area contributed by atoms with Gasteiger partial charge in [0.05, 0.1) is 6.61 Å². The lowest BCUT2D eigenvalue weighted by molar-refractivity contribution is 0.104. The van der Waals surface area contributed by atoms with Gasteiger partial charge in [0, 0.05) is 16.1 Å². The van der Waals surface area contributed by atoms with Crippen LogP contribution in [-0.2, 0) is 0 Å². The van der Waals surface area contributed by atoms with Crippen molar-refractivity contribution in [3.63, 3.8) is 0 Å². The number of ether oxygens (including phenoxy) is 1. The number of benzene rings is 3. The monoisotopic (exact) mass is 336 g/mol. The molecule has 0 saturated heterocycles. The number of carbonyl (C=O) groups is 1. The number of fused-ring (bicyclic) bond motifs is 1. The summed E-state index contributed by atoms with van der Waals surface area (Å²) in [7, 11) is 0. The van der Waals surface area contributed by atoms with E-state index in [-0.39, 0.29) is 5.78 Å². The molecule has 0 spiro atoms. The third-order valence-electron chi connectivity index (χ3n) is 3.74. The first-order valence-electron chi connectivity index (χ1n) is 7.81. The van der Waals surface area contributed by atoms with Crippen molar-refractivity contribution in [2.45, 2.75) is 6.92 Å². The fraction of sp³-hybridized carbons (Fsp3) is 0.0952. The largest absolute Gasteiger partial charge is 0.493 e. The summed E-state index contributed by atoms with van der Waals surface area (Å²) in [5.41, 5.74) is 1.47. The molecule has 0 radical (unpaired) electrons. The van der Waals surface area contributed by atoms with E-state index in [0.717, 1.165) is 22.1 Å². The first-order valence-corrected chi connectivity index (χ1v) is 8.19. The molecule has 0 N–H and O–H groups in total. The van der Waals surface area contributed by atoms with Gasteiger partial charge in [-0.3, -0.25) is 4.79 Å². The standard InChI is InChI=1S/C21H17ClO2/c1-2-24-21-13-10-15-6-3-4-9-18(15)19(21)11-12-20(23)16-7-5-8-17(22)14-16/h3-14H,2H2,1H3/b12-11+. The van der Waals surface area contributed by atoms with Gasteiger partial charge in [0.15, 0.2) is 5.78 Å². The Hall–Kier alpha value is -2.58. The van der Waals surface area contributed by atoms with E-state index in [0.29, 0.717) is 17.2 Å². The fourth-order valence-corrected chi connectivity index (χ4v) is 2.82. The third kappa shape index (κ3) is 3.50. The molecular formula is C21H17ClO2. The average molecular weight is 337 g/mol. The van der Waals surface area contributed by atoms with Crippen LogP contribution in [0.4, 0.5) is 0 Å². The lowest BCUT2D eigenvalue weighted by Crippen LogP contribution is -1.96. The molecule has 0 amide bonds. The molecule has 120 valence electrons. The highest BCUT2D eigenvalue weighted by molar-refractivity contribution is 6.31. The highest BCUT2D eigenvalue weighted by atomic mass is 35.5.